The van der Waals surface area contributed by atoms with Crippen LogP contribution >= 0.6 is 0 Å². The number of carbonyl (C=O) groups is 1. The highest BCUT2D eigenvalue weighted by atomic mass is 19.1. The molecule has 4 atom stereocenters. The Hall–Kier alpha value is -4.23. The first-order valence-corrected chi connectivity index (χ1v) is 15.1. The number of aromatic nitrogens is 2. The summed E-state index contributed by atoms with van der Waals surface area (Å²) in [6.07, 6.45) is 5.53. The average Bonchev–Trinajstić information content (AvgIpc) is 3.50. The molecule has 2 aliphatic heterocycles. The molecule has 1 saturated carbocycles. The predicted octanol–water partition coefficient (Wildman–Crippen LogP) is 4.39. The molecule has 2 aromatic carbocycles. The Balaban J connectivity index is 1.32. The molecule has 7 rings (SSSR count). The van der Waals surface area contributed by atoms with Crippen LogP contribution in [0.5, 0.6) is 11.8 Å². The molecule has 1 aromatic heterocycles. The summed E-state index contributed by atoms with van der Waals surface area (Å²) in [7, 11) is 2.06. The zero-order valence-corrected chi connectivity index (χ0v) is 24.3. The first-order chi connectivity index (χ1) is 20.9. The second-order valence-corrected chi connectivity index (χ2v) is 12.3. The summed E-state index contributed by atoms with van der Waals surface area (Å²) in [6.45, 7) is 6.02. The Morgan fingerprint density at radius 2 is 2.14 bits per heavy atom. The molecule has 43 heavy (non-hydrogen) atoms. The van der Waals surface area contributed by atoms with Gasteiger partial charge in [0.25, 0.3) is 0 Å². The van der Waals surface area contributed by atoms with E-state index in [1.807, 2.05) is 17.0 Å². The van der Waals surface area contributed by atoms with Crippen LogP contribution in [0.25, 0.3) is 22.0 Å². The molecule has 10 heteroatoms. The normalized spacial score (nSPS) is 24.5. The van der Waals surface area contributed by atoms with Crippen LogP contribution in [0.15, 0.2) is 36.9 Å². The molecule has 3 heterocycles. The number of hydrogen-bond donors (Lipinski definition) is 1. The molecule has 0 spiro atoms. The van der Waals surface area contributed by atoms with Gasteiger partial charge in [-0.15, -0.1) is 0 Å². The number of hydrogen-bond acceptors (Lipinski definition) is 8. The second-order valence-electron chi connectivity index (χ2n) is 12.3. The number of rotatable bonds is 7. The van der Waals surface area contributed by atoms with E-state index in [0.29, 0.717) is 54.8 Å². The number of nitriles is 1. The van der Waals surface area contributed by atoms with Crippen molar-refractivity contribution in [2.45, 2.75) is 50.1 Å². The van der Waals surface area contributed by atoms with Crippen LogP contribution in [0.4, 0.5) is 10.2 Å². The van der Waals surface area contributed by atoms with E-state index in [0.717, 1.165) is 31.4 Å². The van der Waals surface area contributed by atoms with E-state index in [9.17, 15) is 15.2 Å². The van der Waals surface area contributed by atoms with Gasteiger partial charge >= 0.3 is 6.01 Å². The molecule has 1 amide bonds. The van der Waals surface area contributed by atoms with Crippen LogP contribution in [-0.4, -0.2) is 82.7 Å². The Kier molecular flexibility index (Phi) is 6.93. The standard InChI is InChI=1S/C33H35FN6O3/c1-3-28(42)40-13-12-39(17-20(40)9-10-35)32-26-16-27(41)29(23-8-4-7-22-24-14-19(24)15-25(22)23)30(34)31(26)36-33(37-32)43-18-21-6-5-11-38(21)2/h3-4,7-8,16,19-21,24,41H,1,5-6,9,11-15,17-18H2,2H3/t19-,20-,21-,24-/m0/s1. The number of nitrogens with zero attached hydrogens (tertiary/aromatic N) is 6. The van der Waals surface area contributed by atoms with Crippen molar-refractivity contribution in [2.75, 3.05) is 44.7 Å². The van der Waals surface area contributed by atoms with Gasteiger partial charge in [-0.2, -0.15) is 15.2 Å². The first kappa shape index (κ1) is 27.6. The van der Waals surface area contributed by atoms with Gasteiger partial charge in [-0.25, -0.2) is 4.39 Å². The fourth-order valence-corrected chi connectivity index (χ4v) is 7.37. The van der Waals surface area contributed by atoms with Gasteiger partial charge in [-0.1, -0.05) is 24.8 Å². The molecule has 0 bridgehead atoms. The van der Waals surface area contributed by atoms with Crippen molar-refractivity contribution >= 4 is 22.6 Å². The molecule has 0 radical (unpaired) electrons. The van der Waals surface area contributed by atoms with Crippen LogP contribution < -0.4 is 9.64 Å². The van der Waals surface area contributed by atoms with Crippen LogP contribution in [-0.2, 0) is 11.2 Å². The number of amides is 1. The maximum atomic E-state index is 16.7. The summed E-state index contributed by atoms with van der Waals surface area (Å²) in [5, 5.41) is 21.2. The van der Waals surface area contributed by atoms with Gasteiger partial charge < -0.3 is 24.5 Å². The van der Waals surface area contributed by atoms with E-state index in [-0.39, 0.29) is 41.2 Å². The van der Waals surface area contributed by atoms with E-state index < -0.39 is 11.9 Å². The van der Waals surface area contributed by atoms with E-state index >= 15 is 4.39 Å². The number of carbonyl (C=O) groups excluding carboxylic acids is 1. The number of phenols is 1. The van der Waals surface area contributed by atoms with E-state index in [2.05, 4.69) is 35.6 Å². The van der Waals surface area contributed by atoms with Crippen molar-refractivity contribution < 1.29 is 19.0 Å². The summed E-state index contributed by atoms with van der Waals surface area (Å²) < 4.78 is 22.8. The van der Waals surface area contributed by atoms with Crippen molar-refractivity contribution in [3.63, 3.8) is 0 Å². The van der Waals surface area contributed by atoms with Crippen molar-refractivity contribution in [3.8, 4) is 29.0 Å². The van der Waals surface area contributed by atoms with Crippen LogP contribution in [0, 0.1) is 23.1 Å². The third-order valence-electron chi connectivity index (χ3n) is 9.78. The summed E-state index contributed by atoms with van der Waals surface area (Å²) >= 11 is 0. The van der Waals surface area contributed by atoms with Gasteiger partial charge in [-0.05, 0) is 79.9 Å². The SMILES string of the molecule is C=CC(=O)N1CCN(c2nc(OC[C@@H]3CCCN3C)nc3c(F)c(-c4cccc5c4C[C@@H]4C[C@H]54)c(O)cc23)C[C@@H]1CC#N. The molecule has 1 N–H and O–H groups in total. The van der Waals surface area contributed by atoms with Crippen molar-refractivity contribution in [2.24, 2.45) is 5.92 Å². The zero-order chi connectivity index (χ0) is 29.8. The van der Waals surface area contributed by atoms with Crippen molar-refractivity contribution in [3.05, 3.63) is 53.9 Å². The summed E-state index contributed by atoms with van der Waals surface area (Å²) in [6, 6.07) is 9.55. The number of ether oxygens (including phenoxy) is 1. The Morgan fingerprint density at radius 3 is 2.91 bits per heavy atom. The van der Waals surface area contributed by atoms with Crippen LogP contribution in [0.3, 0.4) is 0 Å². The molecule has 222 valence electrons. The highest BCUT2D eigenvalue weighted by Crippen LogP contribution is 2.58. The third kappa shape index (κ3) is 4.76. The number of halogens is 1. The van der Waals surface area contributed by atoms with Crippen molar-refractivity contribution in [1.82, 2.24) is 19.8 Å². The van der Waals surface area contributed by atoms with Gasteiger partial charge in [-0.3, -0.25) is 4.79 Å². The van der Waals surface area contributed by atoms with Gasteiger partial charge in [0.1, 0.15) is 23.7 Å². The fraction of sp³-hybridized carbons (Fsp3) is 0.455. The largest absolute Gasteiger partial charge is 0.507 e. The molecule has 4 aliphatic rings. The predicted molar refractivity (Wildman–Crippen MR) is 160 cm³/mol. The van der Waals surface area contributed by atoms with Crippen molar-refractivity contribution in [1.29, 1.82) is 5.26 Å². The third-order valence-corrected chi connectivity index (χ3v) is 9.78. The lowest BCUT2D eigenvalue weighted by Gasteiger charge is -2.41. The lowest BCUT2D eigenvalue weighted by molar-refractivity contribution is -0.128. The summed E-state index contributed by atoms with van der Waals surface area (Å²) in [5.74, 6) is 0.546. The van der Waals surface area contributed by atoms with Crippen LogP contribution in [0.2, 0.25) is 0 Å². The topological polar surface area (TPSA) is 106 Å². The lowest BCUT2D eigenvalue weighted by Crippen LogP contribution is -2.55. The quantitative estimate of drug-likeness (QED) is 0.409. The minimum absolute atomic E-state index is 0.0688. The molecule has 3 fully saturated rings. The molecule has 0 unspecified atom stereocenters. The number of likely N-dealkylation sites (N-methyl/N-ethyl adjacent to an activating group) is 1. The monoisotopic (exact) mass is 582 g/mol. The molecule has 2 saturated heterocycles. The molecular formula is C33H35FN6O3. The fourth-order valence-electron chi connectivity index (χ4n) is 7.37. The number of aromatic hydroxyl groups is 1. The Bertz CT molecular complexity index is 1670. The Labute approximate surface area is 250 Å². The number of fused-ring (bicyclic) bond motifs is 4. The highest BCUT2D eigenvalue weighted by molar-refractivity contribution is 5.97. The van der Waals surface area contributed by atoms with Gasteiger partial charge in [0, 0.05) is 31.1 Å². The zero-order valence-electron chi connectivity index (χ0n) is 24.3. The maximum Gasteiger partial charge on any atom is 0.319 e. The van der Waals surface area contributed by atoms with Gasteiger partial charge in [0.2, 0.25) is 5.91 Å². The maximum absolute atomic E-state index is 16.7. The minimum atomic E-state index is -0.607. The first-order valence-electron chi connectivity index (χ1n) is 15.1. The summed E-state index contributed by atoms with van der Waals surface area (Å²) in [4.78, 5) is 27.6. The average molecular weight is 583 g/mol. The number of anilines is 1. The molecule has 9 nitrogen and oxygen atoms in total. The molecule has 3 aromatic rings. The number of piperazine rings is 1. The molecule has 2 aliphatic carbocycles. The van der Waals surface area contributed by atoms with Crippen LogP contribution in [0.1, 0.15) is 42.7 Å². The van der Waals surface area contributed by atoms with Gasteiger partial charge in [0.05, 0.1) is 24.1 Å². The second kappa shape index (κ2) is 10.8. The smallest absolute Gasteiger partial charge is 0.319 e. The van der Waals surface area contributed by atoms with E-state index in [4.69, 9.17) is 9.72 Å². The Morgan fingerprint density at radius 1 is 1.28 bits per heavy atom. The molecular weight excluding hydrogens is 547 g/mol. The summed E-state index contributed by atoms with van der Waals surface area (Å²) in [5.41, 5.74) is 3.30. The van der Waals surface area contributed by atoms with E-state index in [1.54, 1.807) is 11.0 Å². The number of likely N-dealkylation sites (tertiary alicyclic amines) is 1. The van der Waals surface area contributed by atoms with Gasteiger partial charge in [0.15, 0.2) is 5.82 Å². The highest BCUT2D eigenvalue weighted by Gasteiger charge is 2.46. The number of phenolic OH excluding ortho intramolecular Hbond substituents is 1. The number of benzene rings is 2. The minimum Gasteiger partial charge on any atom is -0.507 e. The lowest BCUT2D eigenvalue weighted by atomic mass is 9.92. The van der Waals surface area contributed by atoms with E-state index in [1.165, 1.54) is 18.1 Å².